The van der Waals surface area contributed by atoms with Gasteiger partial charge in [-0.15, -0.1) is 0 Å². The Kier molecular flexibility index (Phi) is 4.40. The predicted molar refractivity (Wildman–Crippen MR) is 89.7 cm³/mol. The number of hydrogen-bond donors (Lipinski definition) is 1. The fourth-order valence-electron chi connectivity index (χ4n) is 3.64. The standard InChI is InChI=1S/C20H25N/c1-3-21-20(12-16-8-6-7-15(2)11-16)19-13-17-9-4-5-10-18(17)14-19/h4-11,19-21H,3,12-14H2,1-2H3. The van der Waals surface area contributed by atoms with Crippen molar-refractivity contribution < 1.29 is 0 Å². The van der Waals surface area contributed by atoms with E-state index in [1.165, 1.54) is 24.0 Å². The molecule has 0 heterocycles. The first-order valence-electron chi connectivity index (χ1n) is 8.12. The zero-order valence-electron chi connectivity index (χ0n) is 13.1. The molecule has 1 aliphatic carbocycles. The van der Waals surface area contributed by atoms with Crippen molar-refractivity contribution >= 4 is 0 Å². The van der Waals surface area contributed by atoms with Crippen LogP contribution >= 0.6 is 0 Å². The van der Waals surface area contributed by atoms with Crippen LogP contribution in [0, 0.1) is 12.8 Å². The molecule has 0 bridgehead atoms. The van der Waals surface area contributed by atoms with Gasteiger partial charge < -0.3 is 5.32 Å². The van der Waals surface area contributed by atoms with E-state index in [4.69, 9.17) is 0 Å². The van der Waals surface area contributed by atoms with Gasteiger partial charge in [0, 0.05) is 6.04 Å². The number of hydrogen-bond acceptors (Lipinski definition) is 1. The first-order chi connectivity index (χ1) is 10.3. The predicted octanol–water partition coefficient (Wildman–Crippen LogP) is 3.93. The van der Waals surface area contributed by atoms with E-state index in [0.29, 0.717) is 6.04 Å². The fraction of sp³-hybridized carbons (Fsp3) is 0.400. The minimum absolute atomic E-state index is 0.573. The summed E-state index contributed by atoms with van der Waals surface area (Å²) in [4.78, 5) is 0. The Hall–Kier alpha value is -1.60. The molecule has 1 heteroatoms. The van der Waals surface area contributed by atoms with Gasteiger partial charge in [0.15, 0.2) is 0 Å². The van der Waals surface area contributed by atoms with Crippen molar-refractivity contribution in [2.24, 2.45) is 5.92 Å². The molecule has 0 amide bonds. The number of likely N-dealkylation sites (N-methyl/N-ethyl adjacent to an activating group) is 1. The van der Waals surface area contributed by atoms with Crippen molar-refractivity contribution in [3.05, 3.63) is 70.8 Å². The molecule has 1 unspecified atom stereocenters. The number of aryl methyl sites for hydroxylation is 1. The third-order valence-corrected chi connectivity index (χ3v) is 4.66. The number of fused-ring (bicyclic) bond motifs is 1. The largest absolute Gasteiger partial charge is 0.314 e. The summed E-state index contributed by atoms with van der Waals surface area (Å²) in [5.41, 5.74) is 5.92. The summed E-state index contributed by atoms with van der Waals surface area (Å²) in [5, 5.41) is 3.73. The lowest BCUT2D eigenvalue weighted by atomic mass is 9.90. The molecule has 110 valence electrons. The van der Waals surface area contributed by atoms with Crippen LogP contribution in [0.1, 0.15) is 29.2 Å². The normalized spacial score (nSPS) is 15.9. The second-order valence-corrected chi connectivity index (χ2v) is 6.29. The maximum atomic E-state index is 3.73. The third-order valence-electron chi connectivity index (χ3n) is 4.66. The summed E-state index contributed by atoms with van der Waals surface area (Å²) in [6.07, 6.45) is 3.58. The quantitative estimate of drug-likeness (QED) is 0.874. The van der Waals surface area contributed by atoms with Gasteiger partial charge in [-0.05, 0) is 55.3 Å². The van der Waals surface area contributed by atoms with Crippen LogP contribution < -0.4 is 5.32 Å². The van der Waals surface area contributed by atoms with Crippen molar-refractivity contribution in [3.63, 3.8) is 0 Å². The lowest BCUT2D eigenvalue weighted by Gasteiger charge is -2.24. The molecule has 1 nitrogen and oxygen atoms in total. The van der Waals surface area contributed by atoms with Crippen LogP contribution in [0.4, 0.5) is 0 Å². The van der Waals surface area contributed by atoms with Gasteiger partial charge in [0.25, 0.3) is 0 Å². The third kappa shape index (κ3) is 3.36. The summed E-state index contributed by atoms with van der Waals surface area (Å²) in [6, 6.07) is 18.5. The van der Waals surface area contributed by atoms with Gasteiger partial charge in [0.05, 0.1) is 0 Å². The Labute approximate surface area is 128 Å². The zero-order valence-corrected chi connectivity index (χ0v) is 13.1. The minimum atomic E-state index is 0.573. The van der Waals surface area contributed by atoms with Crippen LogP contribution in [0.15, 0.2) is 48.5 Å². The van der Waals surface area contributed by atoms with Gasteiger partial charge in [-0.25, -0.2) is 0 Å². The van der Waals surface area contributed by atoms with Crippen LogP contribution in [0.25, 0.3) is 0 Å². The highest BCUT2D eigenvalue weighted by atomic mass is 14.9. The van der Waals surface area contributed by atoms with Crippen molar-refractivity contribution in [1.29, 1.82) is 0 Å². The monoisotopic (exact) mass is 279 g/mol. The van der Waals surface area contributed by atoms with E-state index in [1.54, 1.807) is 11.1 Å². The Bertz CT molecular complexity index is 577. The van der Waals surface area contributed by atoms with E-state index in [9.17, 15) is 0 Å². The Morgan fingerprint density at radius 1 is 1.05 bits per heavy atom. The maximum Gasteiger partial charge on any atom is 0.0142 e. The molecule has 1 aliphatic rings. The van der Waals surface area contributed by atoms with Crippen LogP contribution in [-0.4, -0.2) is 12.6 Å². The van der Waals surface area contributed by atoms with Gasteiger partial charge in [-0.3, -0.25) is 0 Å². The average molecular weight is 279 g/mol. The van der Waals surface area contributed by atoms with Crippen molar-refractivity contribution in [2.45, 2.75) is 39.2 Å². The molecule has 2 aromatic carbocycles. The first-order valence-corrected chi connectivity index (χ1v) is 8.12. The smallest absolute Gasteiger partial charge is 0.0142 e. The summed E-state index contributed by atoms with van der Waals surface area (Å²) < 4.78 is 0. The van der Waals surface area contributed by atoms with Gasteiger partial charge in [-0.2, -0.15) is 0 Å². The number of benzene rings is 2. The molecular formula is C20H25N. The molecule has 1 N–H and O–H groups in total. The van der Waals surface area contributed by atoms with Crippen molar-refractivity contribution in [3.8, 4) is 0 Å². The van der Waals surface area contributed by atoms with Crippen LogP contribution in [0.2, 0.25) is 0 Å². The second-order valence-electron chi connectivity index (χ2n) is 6.29. The molecule has 0 saturated carbocycles. The topological polar surface area (TPSA) is 12.0 Å². The van der Waals surface area contributed by atoms with E-state index >= 15 is 0 Å². The van der Waals surface area contributed by atoms with Crippen LogP contribution in [0.5, 0.6) is 0 Å². The molecule has 2 aromatic rings. The van der Waals surface area contributed by atoms with E-state index in [2.05, 4.69) is 67.7 Å². The van der Waals surface area contributed by atoms with Crippen molar-refractivity contribution in [1.82, 2.24) is 5.32 Å². The van der Waals surface area contributed by atoms with Gasteiger partial charge in [0.1, 0.15) is 0 Å². The Balaban J connectivity index is 1.74. The van der Waals surface area contributed by atoms with Crippen LogP contribution in [-0.2, 0) is 19.3 Å². The summed E-state index contributed by atoms with van der Waals surface area (Å²) in [7, 11) is 0. The molecule has 1 atom stereocenters. The van der Waals surface area contributed by atoms with E-state index in [0.717, 1.165) is 18.9 Å². The molecule has 0 saturated heterocycles. The molecule has 0 radical (unpaired) electrons. The highest BCUT2D eigenvalue weighted by Crippen LogP contribution is 2.30. The van der Waals surface area contributed by atoms with E-state index < -0.39 is 0 Å². The van der Waals surface area contributed by atoms with E-state index in [1.807, 2.05) is 0 Å². The SMILES string of the molecule is CCNC(Cc1cccc(C)c1)C1Cc2ccccc2C1. The summed E-state index contributed by atoms with van der Waals surface area (Å²) in [5.74, 6) is 0.725. The van der Waals surface area contributed by atoms with Gasteiger partial charge in [0.2, 0.25) is 0 Å². The van der Waals surface area contributed by atoms with Gasteiger partial charge in [-0.1, -0.05) is 61.0 Å². The highest BCUT2D eigenvalue weighted by molar-refractivity contribution is 5.33. The number of rotatable bonds is 5. The molecule has 0 spiro atoms. The van der Waals surface area contributed by atoms with Crippen molar-refractivity contribution in [2.75, 3.05) is 6.54 Å². The second kappa shape index (κ2) is 6.44. The molecule has 0 fully saturated rings. The molecule has 0 aromatic heterocycles. The highest BCUT2D eigenvalue weighted by Gasteiger charge is 2.28. The number of nitrogens with one attached hydrogen (secondary N) is 1. The van der Waals surface area contributed by atoms with E-state index in [-0.39, 0.29) is 0 Å². The average Bonchev–Trinajstić information content (AvgIpc) is 2.91. The minimum Gasteiger partial charge on any atom is -0.314 e. The van der Waals surface area contributed by atoms with Gasteiger partial charge >= 0.3 is 0 Å². The first kappa shape index (κ1) is 14.3. The maximum absolute atomic E-state index is 3.73. The lowest BCUT2D eigenvalue weighted by molar-refractivity contribution is 0.368. The Morgan fingerprint density at radius 2 is 1.76 bits per heavy atom. The van der Waals surface area contributed by atoms with Crippen LogP contribution in [0.3, 0.4) is 0 Å². The Morgan fingerprint density at radius 3 is 2.38 bits per heavy atom. The zero-order chi connectivity index (χ0) is 14.7. The fourth-order valence-corrected chi connectivity index (χ4v) is 3.64. The molecule has 21 heavy (non-hydrogen) atoms. The molecule has 3 rings (SSSR count). The molecule has 0 aliphatic heterocycles. The molecular weight excluding hydrogens is 254 g/mol. The summed E-state index contributed by atoms with van der Waals surface area (Å²) >= 11 is 0. The summed E-state index contributed by atoms with van der Waals surface area (Å²) in [6.45, 7) is 5.44. The lowest BCUT2D eigenvalue weighted by Crippen LogP contribution is -2.38.